The van der Waals surface area contributed by atoms with Crippen LogP contribution in [0.5, 0.6) is 0 Å². The lowest BCUT2D eigenvalue weighted by atomic mass is 9.63. The Morgan fingerprint density at radius 1 is 1.31 bits per heavy atom. The normalized spacial score (nSPS) is 21.7. The first-order chi connectivity index (χ1) is 12.6. The van der Waals surface area contributed by atoms with Gasteiger partial charge in [-0.3, -0.25) is 0 Å². The van der Waals surface area contributed by atoms with Crippen LogP contribution in [-0.2, 0) is 6.42 Å². The second kappa shape index (κ2) is 6.43. The first kappa shape index (κ1) is 16.6. The maximum absolute atomic E-state index is 11.6. The predicted octanol–water partition coefficient (Wildman–Crippen LogP) is 3.70. The van der Waals surface area contributed by atoms with Crippen molar-refractivity contribution < 1.29 is 4.79 Å². The van der Waals surface area contributed by atoms with Crippen LogP contribution in [0.1, 0.15) is 35.4 Å². The molecule has 0 bridgehead atoms. The lowest BCUT2D eigenvalue weighted by molar-refractivity contribution is 0.156. The highest BCUT2D eigenvalue weighted by atomic mass is 32.1. The number of benzene rings is 2. The van der Waals surface area contributed by atoms with E-state index in [0.29, 0.717) is 11.5 Å². The predicted molar refractivity (Wildman–Crippen MR) is 102 cm³/mol. The van der Waals surface area contributed by atoms with Crippen molar-refractivity contribution in [3.8, 4) is 6.07 Å². The molecular weight excluding hydrogens is 344 g/mol. The number of carbonyl (C=O) groups is 1. The lowest BCUT2D eigenvalue weighted by Crippen LogP contribution is -2.59. The van der Waals surface area contributed by atoms with Gasteiger partial charge in [0, 0.05) is 5.54 Å². The topological polar surface area (TPSA) is 91.8 Å². The molecule has 1 aromatic heterocycles. The van der Waals surface area contributed by atoms with Crippen LogP contribution >= 0.6 is 11.3 Å². The molecule has 2 amide bonds. The lowest BCUT2D eigenvalue weighted by Gasteiger charge is -2.48. The summed E-state index contributed by atoms with van der Waals surface area (Å²) in [6.45, 7) is 0. The second-order valence-corrected chi connectivity index (χ2v) is 7.83. The molecule has 1 heterocycles. The number of nitrogens with two attached hydrogens (primary N) is 1. The van der Waals surface area contributed by atoms with E-state index < -0.39 is 6.03 Å². The van der Waals surface area contributed by atoms with Crippen LogP contribution in [0.3, 0.4) is 0 Å². The first-order valence-corrected chi connectivity index (χ1v) is 9.35. The maximum Gasteiger partial charge on any atom is 0.312 e. The molecule has 1 aliphatic carbocycles. The number of rotatable bonds is 4. The smallest absolute Gasteiger partial charge is 0.312 e. The zero-order valence-corrected chi connectivity index (χ0v) is 14.9. The van der Waals surface area contributed by atoms with E-state index in [1.807, 2.05) is 35.8 Å². The number of nitrogens with one attached hydrogen (secondary N) is 1. The molecule has 3 aromatic rings. The van der Waals surface area contributed by atoms with Crippen molar-refractivity contribution in [2.75, 3.05) is 0 Å². The van der Waals surface area contributed by atoms with E-state index in [0.717, 1.165) is 29.5 Å². The molecule has 4 rings (SSSR count). The fourth-order valence-corrected chi connectivity index (χ4v) is 4.64. The number of hydrogen-bond acceptors (Lipinski definition) is 4. The molecule has 130 valence electrons. The van der Waals surface area contributed by atoms with E-state index in [-0.39, 0.29) is 5.54 Å². The molecular formula is C20H18N4OS. The number of fused-ring (bicyclic) bond motifs is 1. The van der Waals surface area contributed by atoms with Gasteiger partial charge in [0.2, 0.25) is 0 Å². The average Bonchev–Trinajstić information content (AvgIpc) is 3.06. The second-order valence-electron chi connectivity index (χ2n) is 6.94. The molecule has 0 radical (unpaired) electrons. The minimum Gasteiger partial charge on any atom is -0.352 e. The molecule has 3 N–H and O–H groups in total. The van der Waals surface area contributed by atoms with Gasteiger partial charge in [0.1, 0.15) is 0 Å². The third-order valence-electron chi connectivity index (χ3n) is 5.11. The van der Waals surface area contributed by atoms with E-state index in [1.54, 1.807) is 11.3 Å². The van der Waals surface area contributed by atoms with Crippen molar-refractivity contribution in [3.63, 3.8) is 0 Å². The SMILES string of the molecule is N#Cc1ccc(C2CC(Cc3ccc4ncsc4c3)(NC(N)=O)C2)cc1. The van der Waals surface area contributed by atoms with Gasteiger partial charge in [-0.05, 0) is 60.6 Å². The van der Waals surface area contributed by atoms with Crippen LogP contribution in [0.4, 0.5) is 4.79 Å². The van der Waals surface area contributed by atoms with E-state index >= 15 is 0 Å². The average molecular weight is 362 g/mol. The highest BCUT2D eigenvalue weighted by Gasteiger charge is 2.45. The van der Waals surface area contributed by atoms with Gasteiger partial charge in [-0.2, -0.15) is 5.26 Å². The van der Waals surface area contributed by atoms with Crippen molar-refractivity contribution >= 4 is 27.6 Å². The molecule has 0 aliphatic heterocycles. The molecule has 1 aliphatic rings. The van der Waals surface area contributed by atoms with Gasteiger partial charge in [-0.1, -0.05) is 18.2 Å². The summed E-state index contributed by atoms with van der Waals surface area (Å²) < 4.78 is 1.15. The summed E-state index contributed by atoms with van der Waals surface area (Å²) in [5, 5.41) is 11.9. The zero-order chi connectivity index (χ0) is 18.1. The van der Waals surface area contributed by atoms with Gasteiger partial charge < -0.3 is 11.1 Å². The Hall–Kier alpha value is -2.91. The summed E-state index contributed by atoms with van der Waals surface area (Å²) in [5.74, 6) is 0.363. The molecule has 1 saturated carbocycles. The van der Waals surface area contributed by atoms with Crippen LogP contribution < -0.4 is 11.1 Å². The zero-order valence-electron chi connectivity index (χ0n) is 14.1. The number of thiazole rings is 1. The van der Waals surface area contributed by atoms with Crippen molar-refractivity contribution in [3.05, 3.63) is 64.7 Å². The third-order valence-corrected chi connectivity index (χ3v) is 5.90. The summed E-state index contributed by atoms with van der Waals surface area (Å²) in [6.07, 6.45) is 2.42. The first-order valence-electron chi connectivity index (χ1n) is 8.47. The van der Waals surface area contributed by atoms with Crippen LogP contribution in [0.2, 0.25) is 0 Å². The molecule has 26 heavy (non-hydrogen) atoms. The molecule has 6 heteroatoms. The molecule has 0 saturated heterocycles. The monoisotopic (exact) mass is 362 g/mol. The molecule has 0 unspecified atom stereocenters. The summed E-state index contributed by atoms with van der Waals surface area (Å²) >= 11 is 1.62. The Bertz CT molecular complexity index is 997. The highest BCUT2D eigenvalue weighted by Crippen LogP contribution is 2.46. The minimum atomic E-state index is -0.484. The van der Waals surface area contributed by atoms with Crippen molar-refractivity contribution in [1.29, 1.82) is 5.26 Å². The number of nitrogens with zero attached hydrogens (tertiary/aromatic N) is 2. The van der Waals surface area contributed by atoms with Crippen molar-refractivity contribution in [1.82, 2.24) is 10.3 Å². The third kappa shape index (κ3) is 3.14. The quantitative estimate of drug-likeness (QED) is 0.741. The number of amides is 2. The highest BCUT2D eigenvalue weighted by molar-refractivity contribution is 7.16. The van der Waals surface area contributed by atoms with E-state index in [1.165, 1.54) is 11.1 Å². The summed E-state index contributed by atoms with van der Waals surface area (Å²) in [5.41, 5.74) is 11.0. The number of primary amides is 1. The Labute approximate surface area is 155 Å². The minimum absolute atomic E-state index is 0.317. The number of carbonyl (C=O) groups excluding carboxylic acids is 1. The Balaban J connectivity index is 1.53. The fourth-order valence-electron chi connectivity index (χ4n) is 3.90. The van der Waals surface area contributed by atoms with Crippen molar-refractivity contribution in [2.45, 2.75) is 30.7 Å². The summed E-state index contributed by atoms with van der Waals surface area (Å²) in [6, 6.07) is 15.6. The van der Waals surface area contributed by atoms with Gasteiger partial charge in [0.05, 0.1) is 27.4 Å². The van der Waals surface area contributed by atoms with Crippen molar-refractivity contribution in [2.24, 2.45) is 5.73 Å². The van der Waals surface area contributed by atoms with Crippen LogP contribution in [0, 0.1) is 11.3 Å². The van der Waals surface area contributed by atoms with Gasteiger partial charge in [-0.25, -0.2) is 9.78 Å². The Morgan fingerprint density at radius 3 is 2.77 bits per heavy atom. The van der Waals surface area contributed by atoms with Gasteiger partial charge in [0.25, 0.3) is 0 Å². The van der Waals surface area contributed by atoms with E-state index in [9.17, 15) is 4.79 Å². The van der Waals surface area contributed by atoms with Gasteiger partial charge in [-0.15, -0.1) is 11.3 Å². The number of nitriles is 1. The Morgan fingerprint density at radius 2 is 2.08 bits per heavy atom. The van der Waals surface area contributed by atoms with Crippen LogP contribution in [-0.4, -0.2) is 16.6 Å². The molecule has 5 nitrogen and oxygen atoms in total. The number of urea groups is 1. The maximum atomic E-state index is 11.6. The molecule has 0 atom stereocenters. The van der Waals surface area contributed by atoms with E-state index in [4.69, 9.17) is 11.0 Å². The standard InChI is InChI=1S/C20H18N4OS/c21-11-13-1-4-15(5-2-13)16-9-20(10-16,24-19(22)25)8-14-3-6-17-18(7-14)26-12-23-17/h1-7,12,16H,8-10H2,(H3,22,24,25). The number of hydrogen-bond donors (Lipinski definition) is 2. The van der Waals surface area contributed by atoms with Crippen LogP contribution in [0.25, 0.3) is 10.2 Å². The molecule has 2 aromatic carbocycles. The summed E-state index contributed by atoms with van der Waals surface area (Å²) in [7, 11) is 0. The molecule has 0 spiro atoms. The Kier molecular flexibility index (Phi) is 4.09. The van der Waals surface area contributed by atoms with Gasteiger partial charge in [0.15, 0.2) is 0 Å². The largest absolute Gasteiger partial charge is 0.352 e. The fraction of sp³-hybridized carbons (Fsp3) is 0.250. The molecule has 1 fully saturated rings. The van der Waals surface area contributed by atoms with Gasteiger partial charge >= 0.3 is 6.03 Å². The summed E-state index contributed by atoms with van der Waals surface area (Å²) in [4.78, 5) is 15.9. The van der Waals surface area contributed by atoms with Crippen LogP contribution in [0.15, 0.2) is 48.0 Å². The number of aromatic nitrogens is 1. The van der Waals surface area contributed by atoms with E-state index in [2.05, 4.69) is 28.5 Å².